The second-order valence-corrected chi connectivity index (χ2v) is 8.40. The van der Waals surface area contributed by atoms with Crippen molar-refractivity contribution in [2.75, 3.05) is 14.2 Å². The van der Waals surface area contributed by atoms with Crippen molar-refractivity contribution in [2.45, 2.75) is 52.6 Å². The van der Waals surface area contributed by atoms with Gasteiger partial charge >= 0.3 is 11.9 Å². The number of carbonyl (C=O) groups is 3. The highest BCUT2D eigenvalue weighted by Crippen LogP contribution is 2.47. The largest absolute Gasteiger partial charge is 0.496 e. The molecular formula is C25H31NO6. The Labute approximate surface area is 188 Å². The number of rotatable bonds is 6. The molecule has 1 aliphatic carbocycles. The normalized spacial score (nSPS) is 23.8. The summed E-state index contributed by atoms with van der Waals surface area (Å²) in [6, 6.07) is 7.29. The Morgan fingerprint density at radius 3 is 2.53 bits per heavy atom. The lowest BCUT2D eigenvalue weighted by molar-refractivity contribution is -0.151. The van der Waals surface area contributed by atoms with Crippen LogP contribution in [-0.4, -0.2) is 38.0 Å². The second-order valence-electron chi connectivity index (χ2n) is 8.40. The van der Waals surface area contributed by atoms with E-state index < -0.39 is 23.8 Å². The van der Waals surface area contributed by atoms with Crippen molar-refractivity contribution >= 4 is 17.7 Å². The number of hydrogen-bond donors (Lipinski definition) is 1. The molecule has 0 spiro atoms. The summed E-state index contributed by atoms with van der Waals surface area (Å²) >= 11 is 0. The van der Waals surface area contributed by atoms with Crippen molar-refractivity contribution < 1.29 is 28.6 Å². The topological polar surface area (TPSA) is 90.9 Å². The van der Waals surface area contributed by atoms with Gasteiger partial charge in [0.15, 0.2) is 5.78 Å². The Kier molecular flexibility index (Phi) is 7.06. The fourth-order valence-electron chi connectivity index (χ4n) is 4.50. The number of dihydropyridines is 1. The van der Waals surface area contributed by atoms with Crippen molar-refractivity contribution in [3.8, 4) is 5.75 Å². The van der Waals surface area contributed by atoms with Crippen LogP contribution in [0.15, 0.2) is 46.8 Å². The molecule has 1 aromatic carbocycles. The molecule has 0 fully saturated rings. The first-order chi connectivity index (χ1) is 15.2. The van der Waals surface area contributed by atoms with E-state index in [4.69, 9.17) is 14.2 Å². The highest BCUT2D eigenvalue weighted by atomic mass is 16.5. The van der Waals surface area contributed by atoms with Gasteiger partial charge in [-0.15, -0.1) is 0 Å². The minimum Gasteiger partial charge on any atom is -0.496 e. The lowest BCUT2D eigenvalue weighted by Crippen LogP contribution is -2.43. The number of nitrogens with one attached hydrogen (secondary N) is 1. The number of ketones is 1. The fourth-order valence-corrected chi connectivity index (χ4v) is 4.50. The van der Waals surface area contributed by atoms with E-state index in [0.29, 0.717) is 41.0 Å². The number of methoxy groups -OCH3 is 2. The maximum Gasteiger partial charge on any atom is 0.337 e. The molecule has 3 rings (SSSR count). The Morgan fingerprint density at radius 2 is 1.91 bits per heavy atom. The Balaban J connectivity index is 2.21. The van der Waals surface area contributed by atoms with Crippen LogP contribution in [0.2, 0.25) is 0 Å². The number of benzene rings is 1. The van der Waals surface area contributed by atoms with Crippen LogP contribution in [0.4, 0.5) is 0 Å². The average molecular weight is 442 g/mol. The standard InChI is InChI=1S/C25H31NO6/c1-7-14(3)32-25(29)20-15(4)26-17-12-13(2)19(24(28)31-6)23(27)22(17)21(20)16-10-8-9-11-18(16)30-5/h8-11,13-14,19,21,26H,7,12H2,1-6H3/t13-,14-,19-,21+/m1/s1. The lowest BCUT2D eigenvalue weighted by Gasteiger charge is -2.38. The molecule has 172 valence electrons. The van der Waals surface area contributed by atoms with E-state index in [1.165, 1.54) is 7.11 Å². The molecule has 1 aromatic rings. The summed E-state index contributed by atoms with van der Waals surface area (Å²) < 4.78 is 16.2. The average Bonchev–Trinajstić information content (AvgIpc) is 2.77. The van der Waals surface area contributed by atoms with E-state index in [-0.39, 0.29) is 17.8 Å². The van der Waals surface area contributed by atoms with Crippen LogP contribution in [0.25, 0.3) is 0 Å². The number of ether oxygens (including phenoxy) is 3. The van der Waals surface area contributed by atoms with Crippen LogP contribution in [0.3, 0.4) is 0 Å². The van der Waals surface area contributed by atoms with Crippen LogP contribution in [-0.2, 0) is 23.9 Å². The van der Waals surface area contributed by atoms with Crippen LogP contribution >= 0.6 is 0 Å². The summed E-state index contributed by atoms with van der Waals surface area (Å²) in [4.78, 5) is 39.5. The molecule has 32 heavy (non-hydrogen) atoms. The van der Waals surface area contributed by atoms with Crippen LogP contribution in [0.1, 0.15) is 52.0 Å². The Bertz CT molecular complexity index is 992. The van der Waals surface area contributed by atoms with Crippen molar-refractivity contribution in [1.29, 1.82) is 0 Å². The number of hydrogen-bond acceptors (Lipinski definition) is 7. The van der Waals surface area contributed by atoms with E-state index in [1.54, 1.807) is 20.1 Å². The SMILES string of the molecule is CC[C@@H](C)OC(=O)C1=C(C)NC2=C(C(=O)[C@H](C(=O)OC)[C@H](C)C2)[C@H]1c1ccccc1OC. The van der Waals surface area contributed by atoms with Gasteiger partial charge in [-0.2, -0.15) is 0 Å². The van der Waals surface area contributed by atoms with Gasteiger partial charge in [-0.1, -0.05) is 32.0 Å². The molecule has 2 aliphatic rings. The van der Waals surface area contributed by atoms with Crippen molar-refractivity contribution in [3.63, 3.8) is 0 Å². The minimum atomic E-state index is -0.928. The predicted molar refractivity (Wildman–Crippen MR) is 119 cm³/mol. The zero-order valence-corrected chi connectivity index (χ0v) is 19.5. The molecule has 7 heteroatoms. The zero-order valence-electron chi connectivity index (χ0n) is 19.5. The van der Waals surface area contributed by atoms with Crippen LogP contribution in [0, 0.1) is 11.8 Å². The van der Waals surface area contributed by atoms with E-state index in [0.717, 1.165) is 5.70 Å². The van der Waals surface area contributed by atoms with Gasteiger partial charge in [0.05, 0.1) is 31.8 Å². The summed E-state index contributed by atoms with van der Waals surface area (Å²) in [5.74, 6) is -2.73. The second kappa shape index (κ2) is 9.59. The zero-order chi connectivity index (χ0) is 23.6. The van der Waals surface area contributed by atoms with E-state index in [2.05, 4.69) is 5.32 Å². The summed E-state index contributed by atoms with van der Waals surface area (Å²) in [5.41, 5.74) is 2.76. The van der Waals surface area contributed by atoms with E-state index in [1.807, 2.05) is 39.0 Å². The van der Waals surface area contributed by atoms with Gasteiger partial charge in [0.2, 0.25) is 0 Å². The first-order valence-corrected chi connectivity index (χ1v) is 10.9. The summed E-state index contributed by atoms with van der Waals surface area (Å²) in [7, 11) is 2.83. The first-order valence-electron chi connectivity index (χ1n) is 10.9. The molecule has 0 saturated heterocycles. The van der Waals surface area contributed by atoms with Crippen molar-refractivity contribution in [2.24, 2.45) is 11.8 Å². The van der Waals surface area contributed by atoms with E-state index >= 15 is 0 Å². The number of Topliss-reactive ketones (excluding diaryl/α,β-unsaturated/α-hetero) is 1. The molecule has 0 bridgehead atoms. The molecule has 0 saturated carbocycles. The van der Waals surface area contributed by atoms with E-state index in [9.17, 15) is 14.4 Å². The minimum absolute atomic E-state index is 0.235. The van der Waals surface area contributed by atoms with Gasteiger partial charge in [0.1, 0.15) is 11.7 Å². The summed E-state index contributed by atoms with van der Waals surface area (Å²) in [5, 5.41) is 3.26. The van der Waals surface area contributed by atoms with Gasteiger partial charge in [0, 0.05) is 22.5 Å². The smallest absolute Gasteiger partial charge is 0.337 e. The predicted octanol–water partition coefficient (Wildman–Crippen LogP) is 3.65. The fraction of sp³-hybridized carbons (Fsp3) is 0.480. The van der Waals surface area contributed by atoms with Gasteiger partial charge in [0.25, 0.3) is 0 Å². The van der Waals surface area contributed by atoms with Crippen molar-refractivity contribution in [3.05, 3.63) is 52.4 Å². The number of allylic oxidation sites excluding steroid dienone is 3. The highest BCUT2D eigenvalue weighted by molar-refractivity contribution is 6.12. The van der Waals surface area contributed by atoms with Crippen molar-refractivity contribution in [1.82, 2.24) is 5.32 Å². The molecule has 1 heterocycles. The Morgan fingerprint density at radius 1 is 1.22 bits per heavy atom. The first kappa shape index (κ1) is 23.6. The third-order valence-electron chi connectivity index (χ3n) is 6.30. The summed E-state index contributed by atoms with van der Waals surface area (Å²) in [6.45, 7) is 7.42. The monoisotopic (exact) mass is 441 g/mol. The third-order valence-corrected chi connectivity index (χ3v) is 6.30. The van der Waals surface area contributed by atoms with Gasteiger partial charge in [-0.3, -0.25) is 9.59 Å². The molecule has 0 aromatic heterocycles. The molecule has 0 amide bonds. The Hall–Kier alpha value is -3.09. The van der Waals surface area contributed by atoms with Gasteiger partial charge in [-0.25, -0.2) is 4.79 Å². The highest BCUT2D eigenvalue weighted by Gasteiger charge is 2.47. The molecule has 1 aliphatic heterocycles. The van der Waals surface area contributed by atoms with Gasteiger partial charge in [-0.05, 0) is 38.7 Å². The van der Waals surface area contributed by atoms with Gasteiger partial charge < -0.3 is 19.5 Å². The number of para-hydroxylation sites is 1. The lowest BCUT2D eigenvalue weighted by atomic mass is 9.69. The molecule has 0 unspecified atom stereocenters. The quantitative estimate of drug-likeness (QED) is 0.532. The summed E-state index contributed by atoms with van der Waals surface area (Å²) in [6.07, 6.45) is 0.873. The number of esters is 2. The third kappa shape index (κ3) is 4.16. The van der Waals surface area contributed by atoms with Crippen LogP contribution in [0.5, 0.6) is 5.75 Å². The maximum absolute atomic E-state index is 13.7. The maximum atomic E-state index is 13.7. The number of carbonyl (C=O) groups excluding carboxylic acids is 3. The molecule has 1 N–H and O–H groups in total. The molecule has 0 radical (unpaired) electrons. The van der Waals surface area contributed by atoms with Crippen LogP contribution < -0.4 is 10.1 Å². The molecule has 4 atom stereocenters. The molecule has 7 nitrogen and oxygen atoms in total. The molecular weight excluding hydrogens is 410 g/mol.